The summed E-state index contributed by atoms with van der Waals surface area (Å²) in [5.41, 5.74) is 0.632. The van der Waals surface area contributed by atoms with E-state index in [2.05, 4.69) is 48.5 Å². The molecular weight excluding hydrogens is 306 g/mol. The van der Waals surface area contributed by atoms with Crippen molar-refractivity contribution in [1.82, 2.24) is 4.90 Å². The van der Waals surface area contributed by atoms with Gasteiger partial charge in [-0.3, -0.25) is 4.79 Å². The summed E-state index contributed by atoms with van der Waals surface area (Å²) < 4.78 is -0.669. The number of benzene rings is 1. The maximum atomic E-state index is 13.5. The van der Waals surface area contributed by atoms with Gasteiger partial charge in [0.25, 0.3) is 0 Å². The van der Waals surface area contributed by atoms with Gasteiger partial charge in [0.15, 0.2) is 0 Å². The first-order chi connectivity index (χ1) is 10.3. The zero-order valence-corrected chi connectivity index (χ0v) is 16.3. The third-order valence-electron chi connectivity index (χ3n) is 5.32. The maximum absolute atomic E-state index is 13.5. The minimum atomic E-state index is -0.669. The van der Waals surface area contributed by atoms with E-state index in [1.54, 1.807) is 23.9 Å². The monoisotopic (exact) mass is 335 g/mol. The molecule has 1 heterocycles. The van der Waals surface area contributed by atoms with Crippen LogP contribution in [0, 0.1) is 10.8 Å². The second-order valence-corrected chi connectivity index (χ2v) is 10.3. The molecule has 1 amide bonds. The van der Waals surface area contributed by atoms with Gasteiger partial charge < -0.3 is 10.0 Å². The molecule has 0 radical (unpaired) electrons. The molecule has 2 atom stereocenters. The largest absolute Gasteiger partial charge is 0.508 e. The van der Waals surface area contributed by atoms with E-state index in [1.807, 2.05) is 24.1 Å². The summed E-state index contributed by atoms with van der Waals surface area (Å²) in [6.45, 7) is 15.1. The Kier molecular flexibility index (Phi) is 4.09. The number of phenolic OH excluding ortho intramolecular Hbond substituents is 1. The van der Waals surface area contributed by atoms with Gasteiger partial charge in [0.1, 0.15) is 10.5 Å². The minimum Gasteiger partial charge on any atom is -0.508 e. The Balaban J connectivity index is 2.71. The zero-order valence-electron chi connectivity index (χ0n) is 15.5. The topological polar surface area (TPSA) is 40.5 Å². The fraction of sp³-hybridized carbons (Fsp3) is 0.632. The van der Waals surface area contributed by atoms with Crippen molar-refractivity contribution in [3.05, 3.63) is 29.8 Å². The van der Waals surface area contributed by atoms with Crippen molar-refractivity contribution in [2.75, 3.05) is 7.05 Å². The fourth-order valence-electron chi connectivity index (χ4n) is 3.28. The van der Waals surface area contributed by atoms with Crippen LogP contribution in [0.25, 0.3) is 0 Å². The predicted octanol–water partition coefficient (Wildman–Crippen LogP) is 4.60. The molecule has 0 saturated carbocycles. The molecule has 0 spiro atoms. The SMILES string of the molecule is CN1C(=O)C(c2ccc(O)cc2)(C(C)(C)C)SC1(C)C(C)(C)C. The zero-order chi connectivity index (χ0) is 17.8. The number of rotatable bonds is 1. The van der Waals surface area contributed by atoms with Gasteiger partial charge >= 0.3 is 0 Å². The van der Waals surface area contributed by atoms with Crippen LogP contribution in [0.4, 0.5) is 0 Å². The molecule has 23 heavy (non-hydrogen) atoms. The predicted molar refractivity (Wildman–Crippen MR) is 97.5 cm³/mol. The summed E-state index contributed by atoms with van der Waals surface area (Å²) in [6.07, 6.45) is 0. The van der Waals surface area contributed by atoms with Crippen LogP contribution in [0.5, 0.6) is 5.75 Å². The molecule has 1 aromatic carbocycles. The molecule has 1 aliphatic heterocycles. The van der Waals surface area contributed by atoms with Crippen molar-refractivity contribution in [1.29, 1.82) is 0 Å². The van der Waals surface area contributed by atoms with Gasteiger partial charge in [0, 0.05) is 7.05 Å². The van der Waals surface area contributed by atoms with Gasteiger partial charge in [-0.2, -0.15) is 0 Å². The van der Waals surface area contributed by atoms with Crippen molar-refractivity contribution in [2.45, 2.75) is 58.1 Å². The number of thioether (sulfide) groups is 1. The molecule has 128 valence electrons. The molecule has 1 aromatic rings. The lowest BCUT2D eigenvalue weighted by Gasteiger charge is -2.44. The second kappa shape index (κ2) is 5.17. The molecular formula is C19H29NO2S. The third-order valence-corrected chi connectivity index (χ3v) is 7.93. The van der Waals surface area contributed by atoms with Gasteiger partial charge in [0.05, 0.1) is 4.87 Å². The average Bonchev–Trinajstić information content (AvgIpc) is 2.62. The molecule has 2 unspecified atom stereocenters. The molecule has 1 saturated heterocycles. The Labute approximate surface area is 144 Å². The first-order valence-electron chi connectivity index (χ1n) is 8.05. The van der Waals surface area contributed by atoms with Crippen LogP contribution < -0.4 is 0 Å². The number of amides is 1. The molecule has 0 aromatic heterocycles. The highest BCUT2D eigenvalue weighted by atomic mass is 32.2. The van der Waals surface area contributed by atoms with Gasteiger partial charge in [-0.1, -0.05) is 53.7 Å². The van der Waals surface area contributed by atoms with Gasteiger partial charge in [-0.05, 0) is 35.4 Å². The van der Waals surface area contributed by atoms with Crippen molar-refractivity contribution in [3.8, 4) is 5.75 Å². The minimum absolute atomic E-state index is 0.0635. The van der Waals surface area contributed by atoms with Crippen LogP contribution in [0.1, 0.15) is 54.0 Å². The highest BCUT2D eigenvalue weighted by Crippen LogP contribution is 2.65. The third kappa shape index (κ3) is 2.46. The van der Waals surface area contributed by atoms with Gasteiger partial charge in [-0.25, -0.2) is 0 Å². The Bertz CT molecular complexity index is 612. The smallest absolute Gasteiger partial charge is 0.244 e. The van der Waals surface area contributed by atoms with E-state index < -0.39 is 4.75 Å². The van der Waals surface area contributed by atoms with Crippen LogP contribution in [0.3, 0.4) is 0 Å². The summed E-state index contributed by atoms with van der Waals surface area (Å²) in [7, 11) is 1.91. The molecule has 0 aliphatic carbocycles. The highest BCUT2D eigenvalue weighted by molar-refractivity contribution is 8.02. The number of hydrogen-bond acceptors (Lipinski definition) is 3. The van der Waals surface area contributed by atoms with Crippen LogP contribution in [0.15, 0.2) is 24.3 Å². The summed E-state index contributed by atoms with van der Waals surface area (Å²) in [5, 5.41) is 9.63. The molecule has 2 rings (SSSR count). The Morgan fingerprint density at radius 3 is 1.83 bits per heavy atom. The number of nitrogens with zero attached hydrogens (tertiary/aromatic N) is 1. The molecule has 3 nitrogen and oxygen atoms in total. The van der Waals surface area contributed by atoms with E-state index in [1.165, 1.54) is 0 Å². The summed E-state index contributed by atoms with van der Waals surface area (Å²) in [6, 6.07) is 7.11. The van der Waals surface area contributed by atoms with E-state index in [0.717, 1.165) is 5.56 Å². The summed E-state index contributed by atoms with van der Waals surface area (Å²) >= 11 is 1.74. The van der Waals surface area contributed by atoms with E-state index >= 15 is 0 Å². The van der Waals surface area contributed by atoms with Crippen LogP contribution in [0.2, 0.25) is 0 Å². The number of phenols is 1. The van der Waals surface area contributed by atoms with Crippen LogP contribution in [-0.4, -0.2) is 27.8 Å². The normalized spacial score (nSPS) is 29.2. The van der Waals surface area contributed by atoms with Gasteiger partial charge in [-0.15, -0.1) is 11.8 Å². The average molecular weight is 336 g/mol. The summed E-state index contributed by atoms with van der Waals surface area (Å²) in [4.78, 5) is 15.1. The Morgan fingerprint density at radius 1 is 1.00 bits per heavy atom. The van der Waals surface area contributed by atoms with Crippen molar-refractivity contribution >= 4 is 17.7 Å². The van der Waals surface area contributed by atoms with E-state index in [-0.39, 0.29) is 27.4 Å². The van der Waals surface area contributed by atoms with Crippen LogP contribution in [-0.2, 0) is 9.54 Å². The Morgan fingerprint density at radius 2 is 1.48 bits per heavy atom. The lowest BCUT2D eigenvalue weighted by molar-refractivity contribution is -0.137. The number of carbonyl (C=O) groups is 1. The number of aromatic hydroxyl groups is 1. The second-order valence-electron chi connectivity index (χ2n) is 8.68. The molecule has 1 fully saturated rings. The quantitative estimate of drug-likeness (QED) is 0.815. The van der Waals surface area contributed by atoms with Crippen LogP contribution >= 0.6 is 11.8 Å². The van der Waals surface area contributed by atoms with E-state index in [4.69, 9.17) is 0 Å². The lowest BCUT2D eigenvalue weighted by Crippen LogP contribution is -2.49. The van der Waals surface area contributed by atoms with Crippen molar-refractivity contribution in [3.63, 3.8) is 0 Å². The number of carbonyl (C=O) groups excluding carboxylic acids is 1. The standard InChI is InChI=1S/C19H29NO2S/c1-16(2,3)18(7)20(8)15(22)19(23-18,17(4,5)6)13-9-11-14(21)12-10-13/h9-12,21H,1-8H3. The summed E-state index contributed by atoms with van der Waals surface area (Å²) in [5.74, 6) is 0.360. The molecule has 1 aliphatic rings. The molecule has 1 N–H and O–H groups in total. The van der Waals surface area contributed by atoms with Crippen molar-refractivity contribution < 1.29 is 9.90 Å². The highest BCUT2D eigenvalue weighted by Gasteiger charge is 2.65. The number of likely N-dealkylation sites (N-methyl/N-ethyl adjacent to an activating group) is 1. The lowest BCUT2D eigenvalue weighted by atomic mass is 9.74. The molecule has 0 bridgehead atoms. The fourth-order valence-corrected chi connectivity index (χ4v) is 5.19. The van der Waals surface area contributed by atoms with E-state index in [9.17, 15) is 9.90 Å². The Hall–Kier alpha value is -1.16. The van der Waals surface area contributed by atoms with E-state index in [0.29, 0.717) is 0 Å². The first kappa shape index (κ1) is 18.2. The number of hydrogen-bond donors (Lipinski definition) is 1. The van der Waals surface area contributed by atoms with Gasteiger partial charge in [0.2, 0.25) is 5.91 Å². The maximum Gasteiger partial charge on any atom is 0.244 e. The first-order valence-corrected chi connectivity index (χ1v) is 8.87. The van der Waals surface area contributed by atoms with Crippen molar-refractivity contribution in [2.24, 2.45) is 10.8 Å². The molecule has 4 heteroatoms.